The molecule has 1 atom stereocenters. The molecule has 1 unspecified atom stereocenters. The molecule has 0 amide bonds. The van der Waals surface area contributed by atoms with Crippen LogP contribution in [0.15, 0.2) is 18.2 Å². The molecule has 4 nitrogen and oxygen atoms in total. The third-order valence-corrected chi connectivity index (χ3v) is 3.63. The lowest BCUT2D eigenvalue weighted by Gasteiger charge is -2.38. The van der Waals surface area contributed by atoms with Crippen LogP contribution in [0, 0.1) is 0 Å². The van der Waals surface area contributed by atoms with Gasteiger partial charge in [-0.05, 0) is 20.0 Å². The van der Waals surface area contributed by atoms with Crippen molar-refractivity contribution in [3.05, 3.63) is 23.8 Å². The summed E-state index contributed by atoms with van der Waals surface area (Å²) in [7, 11) is 3.76. The number of phenolic OH excluding ortho intramolecular Hbond substituents is 1. The maximum Gasteiger partial charge on any atom is 0.123 e. The van der Waals surface area contributed by atoms with Crippen molar-refractivity contribution in [2.24, 2.45) is 0 Å². The highest BCUT2D eigenvalue weighted by molar-refractivity contribution is 5.39. The Labute approximate surface area is 109 Å². The van der Waals surface area contributed by atoms with E-state index in [2.05, 4.69) is 23.8 Å². The first-order valence-corrected chi connectivity index (χ1v) is 6.38. The molecular formula is C14H22N2O2. The molecule has 1 fully saturated rings. The second kappa shape index (κ2) is 5.59. The van der Waals surface area contributed by atoms with E-state index in [0.717, 1.165) is 31.7 Å². The van der Waals surface area contributed by atoms with Gasteiger partial charge >= 0.3 is 0 Å². The van der Waals surface area contributed by atoms with Crippen molar-refractivity contribution in [1.82, 2.24) is 9.80 Å². The van der Waals surface area contributed by atoms with E-state index < -0.39 is 0 Å². The summed E-state index contributed by atoms with van der Waals surface area (Å²) < 4.78 is 5.09. The van der Waals surface area contributed by atoms with Gasteiger partial charge in [-0.25, -0.2) is 0 Å². The summed E-state index contributed by atoms with van der Waals surface area (Å²) in [6.07, 6.45) is 0. The first-order valence-electron chi connectivity index (χ1n) is 6.38. The van der Waals surface area contributed by atoms with E-state index in [1.54, 1.807) is 13.2 Å². The third-order valence-electron chi connectivity index (χ3n) is 3.63. The smallest absolute Gasteiger partial charge is 0.123 e. The zero-order chi connectivity index (χ0) is 13.1. The summed E-state index contributed by atoms with van der Waals surface area (Å²) in [4.78, 5) is 4.75. The Morgan fingerprint density at radius 1 is 1.39 bits per heavy atom. The average molecular weight is 250 g/mol. The molecule has 0 aliphatic carbocycles. The Hall–Kier alpha value is -1.26. The fourth-order valence-electron chi connectivity index (χ4n) is 2.44. The average Bonchev–Trinajstić information content (AvgIpc) is 2.34. The topological polar surface area (TPSA) is 35.9 Å². The molecule has 1 aromatic carbocycles. The van der Waals surface area contributed by atoms with Crippen molar-refractivity contribution in [2.45, 2.75) is 19.5 Å². The van der Waals surface area contributed by atoms with Gasteiger partial charge in [-0.15, -0.1) is 0 Å². The van der Waals surface area contributed by atoms with Crippen molar-refractivity contribution in [3.8, 4) is 11.5 Å². The molecule has 100 valence electrons. The molecule has 1 aromatic rings. The van der Waals surface area contributed by atoms with Gasteiger partial charge in [0.05, 0.1) is 7.11 Å². The number of benzene rings is 1. The zero-order valence-corrected chi connectivity index (χ0v) is 11.4. The number of likely N-dealkylation sites (N-methyl/N-ethyl adjacent to an activating group) is 1. The van der Waals surface area contributed by atoms with E-state index in [-0.39, 0.29) is 0 Å². The van der Waals surface area contributed by atoms with Crippen molar-refractivity contribution in [1.29, 1.82) is 0 Å². The maximum absolute atomic E-state index is 9.97. The first-order chi connectivity index (χ1) is 8.60. The van der Waals surface area contributed by atoms with E-state index in [1.165, 1.54) is 0 Å². The van der Waals surface area contributed by atoms with Crippen molar-refractivity contribution in [2.75, 3.05) is 33.8 Å². The normalized spacial score (nSPS) is 22.1. The van der Waals surface area contributed by atoms with Gasteiger partial charge in [-0.3, -0.25) is 4.90 Å². The lowest BCUT2D eigenvalue weighted by atomic mass is 10.1. The summed E-state index contributed by atoms with van der Waals surface area (Å²) >= 11 is 0. The molecule has 1 aliphatic rings. The van der Waals surface area contributed by atoms with Crippen molar-refractivity contribution in [3.63, 3.8) is 0 Å². The Kier molecular flexibility index (Phi) is 4.09. The third kappa shape index (κ3) is 2.94. The van der Waals surface area contributed by atoms with Gasteiger partial charge in [0.25, 0.3) is 0 Å². The highest BCUT2D eigenvalue weighted by atomic mass is 16.5. The number of aromatic hydroxyl groups is 1. The molecule has 0 bridgehead atoms. The van der Waals surface area contributed by atoms with Crippen molar-refractivity contribution < 1.29 is 9.84 Å². The van der Waals surface area contributed by atoms with Crippen LogP contribution in [-0.4, -0.2) is 54.7 Å². The lowest BCUT2D eigenvalue weighted by Crippen LogP contribution is -2.49. The van der Waals surface area contributed by atoms with E-state index in [0.29, 0.717) is 17.5 Å². The molecule has 1 heterocycles. The predicted molar refractivity (Wildman–Crippen MR) is 72.0 cm³/mol. The van der Waals surface area contributed by atoms with Gasteiger partial charge < -0.3 is 14.7 Å². The summed E-state index contributed by atoms with van der Waals surface area (Å²) in [6, 6.07) is 6.04. The van der Waals surface area contributed by atoms with Crippen LogP contribution in [0.25, 0.3) is 0 Å². The van der Waals surface area contributed by atoms with Crippen molar-refractivity contribution >= 4 is 0 Å². The quantitative estimate of drug-likeness (QED) is 0.882. The SMILES string of the molecule is COc1ccc(CN2CCN(C)CC2C)c(O)c1. The second-order valence-corrected chi connectivity index (χ2v) is 5.08. The van der Waals surface area contributed by atoms with Crippen LogP contribution < -0.4 is 4.74 Å². The van der Waals surface area contributed by atoms with Crippen LogP contribution in [0.5, 0.6) is 11.5 Å². The maximum atomic E-state index is 9.97. The van der Waals surface area contributed by atoms with Crippen LogP contribution in [0.2, 0.25) is 0 Å². The Balaban J connectivity index is 2.05. The minimum absolute atomic E-state index is 0.320. The fourth-order valence-corrected chi connectivity index (χ4v) is 2.44. The molecule has 1 N–H and O–H groups in total. The van der Waals surface area contributed by atoms with Crippen LogP contribution in [0.4, 0.5) is 0 Å². The van der Waals surface area contributed by atoms with Gasteiger partial charge in [0.2, 0.25) is 0 Å². The first kappa shape index (κ1) is 13.2. The van der Waals surface area contributed by atoms with Gasteiger partial charge in [0.15, 0.2) is 0 Å². The molecule has 18 heavy (non-hydrogen) atoms. The number of phenols is 1. The number of piperazine rings is 1. The van der Waals surface area contributed by atoms with Crippen LogP contribution >= 0.6 is 0 Å². The predicted octanol–water partition coefficient (Wildman–Crippen LogP) is 1.54. The summed E-state index contributed by atoms with van der Waals surface area (Å²) in [5, 5.41) is 9.97. The van der Waals surface area contributed by atoms with Gasteiger partial charge in [-0.1, -0.05) is 6.07 Å². The summed E-state index contributed by atoms with van der Waals surface area (Å²) in [6.45, 7) is 6.24. The van der Waals surface area contributed by atoms with Gasteiger partial charge in [-0.2, -0.15) is 0 Å². The number of hydrogen-bond donors (Lipinski definition) is 1. The number of nitrogens with zero attached hydrogens (tertiary/aromatic N) is 2. The van der Waals surface area contributed by atoms with Gasteiger partial charge in [0, 0.05) is 43.9 Å². The zero-order valence-electron chi connectivity index (χ0n) is 11.4. The number of hydrogen-bond acceptors (Lipinski definition) is 4. The van der Waals surface area contributed by atoms with E-state index in [4.69, 9.17) is 4.74 Å². The van der Waals surface area contributed by atoms with Crippen LogP contribution in [0.3, 0.4) is 0 Å². The Morgan fingerprint density at radius 3 is 2.78 bits per heavy atom. The molecule has 0 spiro atoms. The minimum Gasteiger partial charge on any atom is -0.507 e. The molecule has 4 heteroatoms. The molecule has 0 radical (unpaired) electrons. The van der Waals surface area contributed by atoms with E-state index in [1.807, 2.05) is 12.1 Å². The summed E-state index contributed by atoms with van der Waals surface area (Å²) in [5.41, 5.74) is 0.965. The Morgan fingerprint density at radius 2 is 2.17 bits per heavy atom. The van der Waals surface area contributed by atoms with E-state index in [9.17, 15) is 5.11 Å². The molecule has 1 aliphatic heterocycles. The highest BCUT2D eigenvalue weighted by Gasteiger charge is 2.22. The standard InChI is InChI=1S/C14H22N2O2/c1-11-9-15(2)6-7-16(11)10-12-4-5-13(18-3)8-14(12)17/h4-5,8,11,17H,6-7,9-10H2,1-3H3. The Bertz CT molecular complexity index is 409. The molecule has 0 aromatic heterocycles. The van der Waals surface area contributed by atoms with Crippen LogP contribution in [0.1, 0.15) is 12.5 Å². The molecule has 1 saturated heterocycles. The highest BCUT2D eigenvalue weighted by Crippen LogP contribution is 2.25. The van der Waals surface area contributed by atoms with Crippen LogP contribution in [-0.2, 0) is 6.54 Å². The van der Waals surface area contributed by atoms with Gasteiger partial charge in [0.1, 0.15) is 11.5 Å². The molecular weight excluding hydrogens is 228 g/mol. The largest absolute Gasteiger partial charge is 0.507 e. The number of methoxy groups -OCH3 is 1. The lowest BCUT2D eigenvalue weighted by molar-refractivity contribution is 0.0931. The minimum atomic E-state index is 0.320. The second-order valence-electron chi connectivity index (χ2n) is 5.08. The molecule has 0 saturated carbocycles. The monoisotopic (exact) mass is 250 g/mol. The number of rotatable bonds is 3. The number of ether oxygens (including phenoxy) is 1. The molecule has 2 rings (SSSR count). The summed E-state index contributed by atoms with van der Waals surface area (Å²) in [5.74, 6) is 1.02. The fraction of sp³-hybridized carbons (Fsp3) is 0.571. The van der Waals surface area contributed by atoms with E-state index >= 15 is 0 Å².